The Labute approximate surface area is 108 Å². The van der Waals surface area contributed by atoms with Gasteiger partial charge in [-0.25, -0.2) is 4.98 Å². The van der Waals surface area contributed by atoms with E-state index in [0.717, 1.165) is 9.90 Å². The van der Waals surface area contributed by atoms with E-state index in [1.807, 2.05) is 30.3 Å². The van der Waals surface area contributed by atoms with Gasteiger partial charge in [-0.2, -0.15) is 4.37 Å². The van der Waals surface area contributed by atoms with Gasteiger partial charge in [0.15, 0.2) is 4.34 Å². The van der Waals surface area contributed by atoms with E-state index in [0.29, 0.717) is 6.42 Å². The van der Waals surface area contributed by atoms with Gasteiger partial charge in [0.2, 0.25) is 0 Å². The number of nitrogens with two attached hydrogens (primary N) is 1. The molecule has 0 saturated heterocycles. The number of benzene rings is 1. The van der Waals surface area contributed by atoms with Crippen molar-refractivity contribution in [3.05, 3.63) is 42.2 Å². The Kier molecular flexibility index (Phi) is 4.11. The van der Waals surface area contributed by atoms with Gasteiger partial charge >= 0.3 is 0 Å². The first-order chi connectivity index (χ1) is 8.25. The summed E-state index contributed by atoms with van der Waals surface area (Å²) in [6.07, 6.45) is 2.07. The van der Waals surface area contributed by atoms with Gasteiger partial charge in [0.1, 0.15) is 6.33 Å². The Hall–Kier alpha value is -1.40. The second-order valence-corrected chi connectivity index (χ2v) is 5.68. The fourth-order valence-electron chi connectivity index (χ4n) is 1.43. The fourth-order valence-corrected chi connectivity index (χ4v) is 3.27. The monoisotopic (exact) mass is 264 g/mol. The number of nitrogens with one attached hydrogen (secondary N) is 1. The van der Waals surface area contributed by atoms with Crippen LogP contribution >= 0.6 is 23.3 Å². The molecule has 1 unspecified atom stereocenters. The van der Waals surface area contributed by atoms with Crippen molar-refractivity contribution >= 4 is 29.1 Å². The Morgan fingerprint density at radius 3 is 2.76 bits per heavy atom. The molecule has 1 aromatic carbocycles. The summed E-state index contributed by atoms with van der Waals surface area (Å²) < 4.78 is 4.88. The maximum Gasteiger partial charge on any atom is 0.170 e. The molecular formula is C11H12N4S2. The van der Waals surface area contributed by atoms with Crippen molar-refractivity contribution in [3.63, 3.8) is 0 Å². The van der Waals surface area contributed by atoms with Crippen molar-refractivity contribution < 1.29 is 0 Å². The summed E-state index contributed by atoms with van der Waals surface area (Å²) in [5, 5.41) is 7.56. The molecule has 4 nitrogen and oxygen atoms in total. The number of hydrogen-bond donors (Lipinski definition) is 2. The zero-order valence-electron chi connectivity index (χ0n) is 9.04. The molecule has 2 rings (SSSR count). The molecule has 88 valence electrons. The molecule has 0 bridgehead atoms. The predicted molar refractivity (Wildman–Crippen MR) is 71.5 cm³/mol. The van der Waals surface area contributed by atoms with Crippen LogP contribution in [0.25, 0.3) is 0 Å². The summed E-state index contributed by atoms with van der Waals surface area (Å²) in [4.78, 5) is 4.15. The van der Waals surface area contributed by atoms with E-state index in [1.54, 1.807) is 18.1 Å². The van der Waals surface area contributed by atoms with Crippen LogP contribution in [-0.4, -0.2) is 15.2 Å². The Morgan fingerprint density at radius 1 is 1.41 bits per heavy atom. The number of nitrogens with zero attached hydrogens (tertiary/aromatic N) is 2. The van der Waals surface area contributed by atoms with Gasteiger partial charge in [-0.05, 0) is 17.1 Å². The van der Waals surface area contributed by atoms with Crippen molar-refractivity contribution in [2.75, 3.05) is 0 Å². The first kappa shape index (κ1) is 12.1. The summed E-state index contributed by atoms with van der Waals surface area (Å²) in [7, 11) is 0. The van der Waals surface area contributed by atoms with E-state index < -0.39 is 0 Å². The normalized spacial score (nSPS) is 12.2. The highest BCUT2D eigenvalue weighted by Gasteiger charge is 2.15. The Bertz CT molecular complexity index is 469. The number of aromatic nitrogens is 2. The first-order valence-corrected chi connectivity index (χ1v) is 6.72. The molecule has 3 N–H and O–H groups in total. The van der Waals surface area contributed by atoms with Crippen molar-refractivity contribution in [2.24, 2.45) is 5.73 Å². The number of rotatable bonds is 5. The lowest BCUT2D eigenvalue weighted by atomic mass is 10.1. The van der Waals surface area contributed by atoms with Gasteiger partial charge in [-0.15, -0.1) is 0 Å². The van der Waals surface area contributed by atoms with Crippen LogP contribution in [0.2, 0.25) is 0 Å². The number of amidine groups is 1. The molecule has 1 atom stereocenters. The smallest absolute Gasteiger partial charge is 0.170 e. The summed E-state index contributed by atoms with van der Waals surface area (Å²) >= 11 is 2.96. The van der Waals surface area contributed by atoms with Crippen molar-refractivity contribution in [2.45, 2.75) is 16.0 Å². The van der Waals surface area contributed by atoms with Crippen molar-refractivity contribution in [3.8, 4) is 0 Å². The lowest BCUT2D eigenvalue weighted by Crippen LogP contribution is -2.12. The second-order valence-electron chi connectivity index (χ2n) is 3.45. The summed E-state index contributed by atoms with van der Waals surface area (Å²) in [5.41, 5.74) is 6.65. The molecule has 0 amide bonds. The molecular weight excluding hydrogens is 252 g/mol. The summed E-state index contributed by atoms with van der Waals surface area (Å²) in [6, 6.07) is 10.0. The molecule has 0 saturated carbocycles. The van der Waals surface area contributed by atoms with Crippen molar-refractivity contribution in [1.82, 2.24) is 9.36 Å². The summed E-state index contributed by atoms with van der Waals surface area (Å²) in [5.74, 6) is 0.191. The molecule has 6 heteroatoms. The molecule has 0 aliphatic heterocycles. The fraction of sp³-hybridized carbons (Fsp3) is 0.182. The Balaban J connectivity index is 2.16. The molecule has 0 radical (unpaired) electrons. The average molecular weight is 264 g/mol. The topological polar surface area (TPSA) is 75.7 Å². The van der Waals surface area contributed by atoms with Gasteiger partial charge in [-0.1, -0.05) is 42.1 Å². The molecule has 0 aliphatic rings. The van der Waals surface area contributed by atoms with Crippen molar-refractivity contribution in [1.29, 1.82) is 5.41 Å². The lowest BCUT2D eigenvalue weighted by molar-refractivity contribution is 0.982. The van der Waals surface area contributed by atoms with Crippen LogP contribution in [0.4, 0.5) is 0 Å². The van der Waals surface area contributed by atoms with E-state index in [4.69, 9.17) is 11.1 Å². The highest BCUT2D eigenvalue weighted by Crippen LogP contribution is 2.37. The van der Waals surface area contributed by atoms with E-state index in [2.05, 4.69) is 9.36 Å². The standard InChI is InChI=1S/C11H12N4S2/c12-10(13)6-9(8-4-2-1-3-5-8)16-11-14-7-15-17-11/h1-5,7,9H,6H2,(H3,12,13). The van der Waals surface area contributed by atoms with Gasteiger partial charge in [0.05, 0.1) is 5.84 Å². The van der Waals surface area contributed by atoms with E-state index >= 15 is 0 Å². The minimum absolute atomic E-state index is 0.127. The zero-order chi connectivity index (χ0) is 12.1. The van der Waals surface area contributed by atoms with E-state index in [1.165, 1.54) is 11.5 Å². The largest absolute Gasteiger partial charge is 0.388 e. The minimum Gasteiger partial charge on any atom is -0.388 e. The molecule has 1 aromatic heterocycles. The average Bonchev–Trinajstić information content (AvgIpc) is 2.82. The maximum atomic E-state index is 7.43. The van der Waals surface area contributed by atoms with Crippen LogP contribution in [0.1, 0.15) is 17.2 Å². The maximum absolute atomic E-state index is 7.43. The van der Waals surface area contributed by atoms with Gasteiger partial charge in [0.25, 0.3) is 0 Å². The quantitative estimate of drug-likeness (QED) is 0.494. The SMILES string of the molecule is N=C(N)CC(Sc1ncns1)c1ccccc1. The minimum atomic E-state index is 0.127. The molecule has 0 spiro atoms. The van der Waals surface area contributed by atoms with Crippen LogP contribution < -0.4 is 5.73 Å². The van der Waals surface area contributed by atoms with Gasteiger partial charge < -0.3 is 5.73 Å². The van der Waals surface area contributed by atoms with Crippen LogP contribution in [0.5, 0.6) is 0 Å². The van der Waals surface area contributed by atoms with Gasteiger partial charge in [0, 0.05) is 11.7 Å². The zero-order valence-corrected chi connectivity index (χ0v) is 10.7. The van der Waals surface area contributed by atoms with Crippen LogP contribution in [-0.2, 0) is 0 Å². The number of thioether (sulfide) groups is 1. The Morgan fingerprint density at radius 2 is 2.18 bits per heavy atom. The van der Waals surface area contributed by atoms with Gasteiger partial charge in [-0.3, -0.25) is 5.41 Å². The van der Waals surface area contributed by atoms with Crippen LogP contribution in [0.15, 0.2) is 41.0 Å². The third-order valence-electron chi connectivity index (χ3n) is 2.16. The van der Waals surface area contributed by atoms with E-state index in [9.17, 15) is 0 Å². The molecule has 0 fully saturated rings. The van der Waals surface area contributed by atoms with Crippen LogP contribution in [0, 0.1) is 5.41 Å². The molecule has 1 heterocycles. The highest BCUT2D eigenvalue weighted by atomic mass is 32.2. The third-order valence-corrected chi connectivity index (χ3v) is 4.16. The number of hydrogen-bond acceptors (Lipinski definition) is 5. The highest BCUT2D eigenvalue weighted by molar-refractivity contribution is 8.01. The van der Waals surface area contributed by atoms with Crippen LogP contribution in [0.3, 0.4) is 0 Å². The molecule has 2 aromatic rings. The lowest BCUT2D eigenvalue weighted by Gasteiger charge is -2.14. The van der Waals surface area contributed by atoms with E-state index in [-0.39, 0.29) is 11.1 Å². The molecule has 0 aliphatic carbocycles. The second kappa shape index (κ2) is 5.79. The first-order valence-electron chi connectivity index (χ1n) is 5.07. The molecule has 17 heavy (non-hydrogen) atoms. The summed E-state index contributed by atoms with van der Waals surface area (Å²) in [6.45, 7) is 0. The third kappa shape index (κ3) is 3.54. The predicted octanol–water partition coefficient (Wildman–Crippen LogP) is 2.70.